The second kappa shape index (κ2) is 6.90. The molecule has 29 heavy (non-hydrogen) atoms. The Balaban J connectivity index is 1.43. The van der Waals surface area contributed by atoms with E-state index in [2.05, 4.69) is 15.3 Å². The highest BCUT2D eigenvalue weighted by Crippen LogP contribution is 2.32. The van der Waals surface area contributed by atoms with Crippen LogP contribution in [0.15, 0.2) is 61.1 Å². The van der Waals surface area contributed by atoms with Crippen molar-refractivity contribution in [3.05, 3.63) is 78.3 Å². The van der Waals surface area contributed by atoms with E-state index in [-0.39, 0.29) is 24.3 Å². The first-order valence-corrected chi connectivity index (χ1v) is 8.94. The Bertz CT molecular complexity index is 1220. The summed E-state index contributed by atoms with van der Waals surface area (Å²) in [7, 11) is 0. The number of benzene rings is 2. The molecule has 0 saturated carbocycles. The van der Waals surface area contributed by atoms with Crippen molar-refractivity contribution in [2.75, 3.05) is 6.79 Å². The summed E-state index contributed by atoms with van der Waals surface area (Å²) < 4.78 is 25.6. The molecule has 0 saturated heterocycles. The van der Waals surface area contributed by atoms with Gasteiger partial charge in [0.15, 0.2) is 11.5 Å². The molecule has 144 valence electrons. The number of ether oxygens (including phenoxy) is 2. The fourth-order valence-electron chi connectivity index (χ4n) is 3.23. The number of hydrogen-bond donors (Lipinski definition) is 1. The van der Waals surface area contributed by atoms with Gasteiger partial charge in [0.05, 0.1) is 17.4 Å². The van der Waals surface area contributed by atoms with Gasteiger partial charge in [-0.2, -0.15) is 0 Å². The average molecular weight is 390 g/mol. The maximum Gasteiger partial charge on any atom is 0.287 e. The molecule has 1 N–H and O–H groups in total. The van der Waals surface area contributed by atoms with E-state index in [1.807, 2.05) is 18.2 Å². The highest BCUT2D eigenvalue weighted by atomic mass is 19.1. The molecule has 4 aromatic rings. The smallest absolute Gasteiger partial charge is 0.287 e. The summed E-state index contributed by atoms with van der Waals surface area (Å²) >= 11 is 0. The fourth-order valence-corrected chi connectivity index (χ4v) is 3.23. The number of hydrogen-bond acceptors (Lipinski definition) is 5. The van der Waals surface area contributed by atoms with Crippen LogP contribution in [-0.2, 0) is 6.54 Å². The first kappa shape index (κ1) is 17.2. The summed E-state index contributed by atoms with van der Waals surface area (Å²) in [5, 5.41) is 2.87. The number of nitrogens with zero attached hydrogens (tertiary/aromatic N) is 3. The molecular formula is C21H15FN4O3. The number of aromatic nitrogens is 3. The molecule has 7 nitrogen and oxygen atoms in total. The van der Waals surface area contributed by atoms with Crippen LogP contribution < -0.4 is 14.8 Å². The van der Waals surface area contributed by atoms with E-state index in [0.717, 1.165) is 5.56 Å². The first-order chi connectivity index (χ1) is 14.2. The zero-order valence-corrected chi connectivity index (χ0v) is 15.1. The molecule has 0 atom stereocenters. The molecule has 1 aliphatic rings. The molecule has 0 spiro atoms. The summed E-state index contributed by atoms with van der Waals surface area (Å²) in [5.41, 5.74) is 2.80. The fraction of sp³-hybridized carbons (Fsp3) is 0.0952. The SMILES string of the molecule is O=C(NCc1ccc2c(c1)OCO2)c1nc(-c2ccc(F)cc2)c2cnccn12. The first-order valence-electron chi connectivity index (χ1n) is 8.94. The number of carbonyl (C=O) groups excluding carboxylic acids is 1. The topological polar surface area (TPSA) is 77.8 Å². The van der Waals surface area contributed by atoms with Gasteiger partial charge in [0.2, 0.25) is 12.6 Å². The van der Waals surface area contributed by atoms with E-state index >= 15 is 0 Å². The molecular weight excluding hydrogens is 375 g/mol. The minimum atomic E-state index is -0.336. The van der Waals surface area contributed by atoms with E-state index in [0.29, 0.717) is 34.8 Å². The van der Waals surface area contributed by atoms with Crippen molar-refractivity contribution in [3.8, 4) is 22.8 Å². The molecule has 1 aliphatic heterocycles. The van der Waals surface area contributed by atoms with E-state index in [1.54, 1.807) is 35.1 Å². The van der Waals surface area contributed by atoms with E-state index in [9.17, 15) is 9.18 Å². The number of amides is 1. The quantitative estimate of drug-likeness (QED) is 0.579. The van der Waals surface area contributed by atoms with Gasteiger partial charge in [0.25, 0.3) is 5.91 Å². The molecule has 0 radical (unpaired) electrons. The van der Waals surface area contributed by atoms with E-state index < -0.39 is 0 Å². The second-order valence-electron chi connectivity index (χ2n) is 6.49. The third kappa shape index (κ3) is 3.14. The van der Waals surface area contributed by atoms with E-state index in [1.165, 1.54) is 12.1 Å². The van der Waals surface area contributed by atoms with Gasteiger partial charge in [-0.25, -0.2) is 9.37 Å². The van der Waals surface area contributed by atoms with Crippen LogP contribution >= 0.6 is 0 Å². The lowest BCUT2D eigenvalue weighted by Gasteiger charge is -2.05. The maximum atomic E-state index is 13.3. The van der Waals surface area contributed by atoms with Crippen molar-refractivity contribution in [3.63, 3.8) is 0 Å². The summed E-state index contributed by atoms with van der Waals surface area (Å²) in [4.78, 5) is 21.5. The zero-order valence-electron chi connectivity index (χ0n) is 15.1. The van der Waals surface area contributed by atoms with Gasteiger partial charge in [-0.05, 0) is 42.0 Å². The van der Waals surface area contributed by atoms with Crippen molar-refractivity contribution < 1.29 is 18.7 Å². The Morgan fingerprint density at radius 2 is 1.97 bits per heavy atom. The molecule has 1 amide bonds. The van der Waals surface area contributed by atoms with Crippen LogP contribution in [0.3, 0.4) is 0 Å². The van der Waals surface area contributed by atoms with Gasteiger partial charge in [0, 0.05) is 24.5 Å². The summed E-state index contributed by atoms with van der Waals surface area (Å²) in [6.07, 6.45) is 4.88. The Morgan fingerprint density at radius 3 is 2.83 bits per heavy atom. The van der Waals surface area contributed by atoms with Gasteiger partial charge >= 0.3 is 0 Å². The van der Waals surface area contributed by atoms with Gasteiger partial charge in [-0.15, -0.1) is 0 Å². The van der Waals surface area contributed by atoms with E-state index in [4.69, 9.17) is 9.47 Å². The molecule has 0 bridgehead atoms. The number of imidazole rings is 1. The Hall–Kier alpha value is -3.94. The monoisotopic (exact) mass is 390 g/mol. The van der Waals surface area contributed by atoms with Gasteiger partial charge in [-0.1, -0.05) is 6.07 Å². The van der Waals surface area contributed by atoms with Crippen molar-refractivity contribution in [2.45, 2.75) is 6.54 Å². The van der Waals surface area contributed by atoms with Crippen LogP contribution in [0.25, 0.3) is 16.8 Å². The van der Waals surface area contributed by atoms with Crippen LogP contribution in [-0.4, -0.2) is 27.1 Å². The number of rotatable bonds is 4. The molecule has 3 heterocycles. The number of halogens is 1. The average Bonchev–Trinajstić information content (AvgIpc) is 3.37. The van der Waals surface area contributed by atoms with Crippen molar-refractivity contribution in [2.24, 2.45) is 0 Å². The van der Waals surface area contributed by atoms with Gasteiger partial charge < -0.3 is 14.8 Å². The minimum absolute atomic E-state index is 0.200. The molecule has 8 heteroatoms. The second-order valence-corrected chi connectivity index (χ2v) is 6.49. The normalized spacial score (nSPS) is 12.3. The molecule has 5 rings (SSSR count). The summed E-state index contributed by atoms with van der Waals surface area (Å²) in [6.45, 7) is 0.507. The Labute approximate surface area is 164 Å². The predicted molar refractivity (Wildman–Crippen MR) is 102 cm³/mol. The standard InChI is InChI=1S/C21H15FN4O3/c22-15-4-2-14(3-5-15)19-16-11-23-7-8-26(16)20(25-19)21(27)24-10-13-1-6-17-18(9-13)29-12-28-17/h1-9,11H,10,12H2,(H,24,27). The highest BCUT2D eigenvalue weighted by molar-refractivity contribution is 5.94. The molecule has 2 aromatic heterocycles. The lowest BCUT2D eigenvalue weighted by molar-refractivity contribution is 0.0940. The van der Waals surface area contributed by atoms with Crippen molar-refractivity contribution in [1.82, 2.24) is 19.7 Å². The number of nitrogens with one attached hydrogen (secondary N) is 1. The highest BCUT2D eigenvalue weighted by Gasteiger charge is 2.19. The third-order valence-electron chi connectivity index (χ3n) is 4.66. The van der Waals surface area contributed by atoms with Crippen molar-refractivity contribution >= 4 is 11.4 Å². The molecule has 0 aliphatic carbocycles. The van der Waals surface area contributed by atoms with Crippen molar-refractivity contribution in [1.29, 1.82) is 0 Å². The zero-order chi connectivity index (χ0) is 19.8. The van der Waals surface area contributed by atoms with Gasteiger partial charge in [-0.3, -0.25) is 14.2 Å². The molecule has 0 unspecified atom stereocenters. The number of fused-ring (bicyclic) bond motifs is 2. The minimum Gasteiger partial charge on any atom is -0.454 e. The van der Waals surface area contributed by atoms with Crippen LogP contribution in [0.1, 0.15) is 16.2 Å². The summed E-state index contributed by atoms with van der Waals surface area (Å²) in [5.74, 6) is 0.903. The third-order valence-corrected chi connectivity index (χ3v) is 4.66. The Kier molecular flexibility index (Phi) is 4.09. The Morgan fingerprint density at radius 1 is 1.14 bits per heavy atom. The predicted octanol–water partition coefficient (Wildman–Crippen LogP) is 3.19. The molecule has 0 fully saturated rings. The molecule has 2 aromatic carbocycles. The lowest BCUT2D eigenvalue weighted by Crippen LogP contribution is -2.25. The van der Waals surface area contributed by atoms with Crippen LogP contribution in [0.4, 0.5) is 4.39 Å². The van der Waals surface area contributed by atoms with Crippen LogP contribution in [0, 0.1) is 5.82 Å². The number of carbonyl (C=O) groups is 1. The lowest BCUT2D eigenvalue weighted by atomic mass is 10.1. The van der Waals surface area contributed by atoms with Crippen LogP contribution in [0.2, 0.25) is 0 Å². The van der Waals surface area contributed by atoms with Crippen LogP contribution in [0.5, 0.6) is 11.5 Å². The van der Waals surface area contributed by atoms with Gasteiger partial charge in [0.1, 0.15) is 5.82 Å². The largest absolute Gasteiger partial charge is 0.454 e. The maximum absolute atomic E-state index is 13.3. The summed E-state index contributed by atoms with van der Waals surface area (Å²) in [6, 6.07) is 11.5.